The molecule has 0 atom stereocenters. The normalized spacial score (nSPS) is 9.17. The maximum atomic E-state index is 8.31. The first-order valence-electron chi connectivity index (χ1n) is 3.74. The van der Waals surface area contributed by atoms with E-state index in [9.17, 15) is 0 Å². The highest BCUT2D eigenvalue weighted by Gasteiger charge is 1.80. The lowest BCUT2D eigenvalue weighted by molar-refractivity contribution is 0.111. The molecule has 0 aliphatic carbocycles. The van der Waals surface area contributed by atoms with E-state index >= 15 is 0 Å². The molecule has 0 aromatic heterocycles. The summed E-state index contributed by atoms with van der Waals surface area (Å²) in [5, 5.41) is 16.6. The molecule has 0 aromatic carbocycles. The van der Waals surface area contributed by atoms with E-state index in [0.29, 0.717) is 26.4 Å². The second-order valence-corrected chi connectivity index (χ2v) is 1.91. The largest absolute Gasteiger partial charge is 0.394 e. The smallest absolute Gasteiger partial charge is 0.107 e. The van der Waals surface area contributed by atoms with Crippen LogP contribution in [0.15, 0.2) is 0 Å². The van der Waals surface area contributed by atoms with Crippen molar-refractivity contribution in [3.8, 4) is 11.8 Å². The molecular formula is C8H14O4. The number of rotatable bonds is 6. The maximum Gasteiger partial charge on any atom is 0.107 e. The minimum absolute atomic E-state index is 0.0166. The first-order chi connectivity index (χ1) is 5.91. The van der Waals surface area contributed by atoms with Crippen LogP contribution in [0.25, 0.3) is 0 Å². The summed E-state index contributed by atoms with van der Waals surface area (Å²) in [6.45, 7) is 1.27. The lowest BCUT2D eigenvalue weighted by atomic mass is 10.6. The van der Waals surface area contributed by atoms with Gasteiger partial charge in [-0.2, -0.15) is 0 Å². The van der Waals surface area contributed by atoms with Crippen molar-refractivity contribution in [2.45, 2.75) is 0 Å². The molecule has 0 spiro atoms. The van der Waals surface area contributed by atoms with Gasteiger partial charge in [0.05, 0.1) is 26.4 Å². The molecule has 0 saturated carbocycles. The van der Waals surface area contributed by atoms with E-state index in [-0.39, 0.29) is 13.2 Å². The van der Waals surface area contributed by atoms with E-state index in [1.165, 1.54) is 0 Å². The molecule has 0 bridgehead atoms. The summed E-state index contributed by atoms with van der Waals surface area (Å²) < 4.78 is 9.72. The molecule has 0 aliphatic heterocycles. The Morgan fingerprint density at radius 3 is 1.58 bits per heavy atom. The second-order valence-electron chi connectivity index (χ2n) is 1.91. The number of hydrogen-bond acceptors (Lipinski definition) is 4. The standard InChI is InChI=1S/C8H14O4/c9-3-7-11-5-1-2-6-12-8-4-10/h9-10H,3-8H2. The monoisotopic (exact) mass is 174 g/mol. The SMILES string of the molecule is OCCOCC#CCOCCO. The van der Waals surface area contributed by atoms with Gasteiger partial charge in [0.15, 0.2) is 0 Å². The molecule has 0 aromatic rings. The third-order valence-corrected chi connectivity index (χ3v) is 0.945. The van der Waals surface area contributed by atoms with Crippen LogP contribution in [0.4, 0.5) is 0 Å². The Kier molecular flexibility index (Phi) is 9.88. The highest BCUT2D eigenvalue weighted by Crippen LogP contribution is 1.72. The molecular weight excluding hydrogens is 160 g/mol. The average Bonchev–Trinajstić information content (AvgIpc) is 2.10. The highest BCUT2D eigenvalue weighted by molar-refractivity contribution is 4.99. The van der Waals surface area contributed by atoms with Crippen molar-refractivity contribution in [2.24, 2.45) is 0 Å². The zero-order valence-corrected chi connectivity index (χ0v) is 6.95. The molecule has 0 unspecified atom stereocenters. The van der Waals surface area contributed by atoms with Gasteiger partial charge >= 0.3 is 0 Å². The van der Waals surface area contributed by atoms with E-state index in [0.717, 1.165) is 0 Å². The Bertz CT molecular complexity index is 122. The number of aliphatic hydroxyl groups is 2. The molecule has 0 amide bonds. The molecule has 0 rings (SSSR count). The Morgan fingerprint density at radius 1 is 0.833 bits per heavy atom. The average molecular weight is 174 g/mol. The van der Waals surface area contributed by atoms with Crippen LogP contribution in [-0.2, 0) is 9.47 Å². The van der Waals surface area contributed by atoms with E-state index in [4.69, 9.17) is 19.7 Å². The predicted molar refractivity (Wildman–Crippen MR) is 43.6 cm³/mol. The zero-order valence-electron chi connectivity index (χ0n) is 6.95. The summed E-state index contributed by atoms with van der Waals surface area (Å²) in [4.78, 5) is 0. The van der Waals surface area contributed by atoms with Crippen LogP contribution in [0.5, 0.6) is 0 Å². The fourth-order valence-electron chi connectivity index (χ4n) is 0.478. The minimum Gasteiger partial charge on any atom is -0.394 e. The van der Waals surface area contributed by atoms with Gasteiger partial charge < -0.3 is 19.7 Å². The van der Waals surface area contributed by atoms with Crippen molar-refractivity contribution in [2.75, 3.05) is 39.6 Å². The van der Waals surface area contributed by atoms with Crippen LogP contribution in [0, 0.1) is 11.8 Å². The zero-order chi connectivity index (χ0) is 9.07. The lowest BCUT2D eigenvalue weighted by Gasteiger charge is -1.94. The summed E-state index contributed by atoms with van der Waals surface area (Å²) in [5.41, 5.74) is 0. The lowest BCUT2D eigenvalue weighted by Crippen LogP contribution is -2.00. The molecule has 4 nitrogen and oxygen atoms in total. The summed E-state index contributed by atoms with van der Waals surface area (Å²) in [6.07, 6.45) is 0. The molecule has 0 aliphatic rings. The molecule has 0 radical (unpaired) electrons. The summed E-state index contributed by atoms with van der Waals surface area (Å²) in [7, 11) is 0. The van der Waals surface area contributed by atoms with Gasteiger partial charge in [0.25, 0.3) is 0 Å². The van der Waals surface area contributed by atoms with Crippen molar-refractivity contribution >= 4 is 0 Å². The maximum absolute atomic E-state index is 8.31. The van der Waals surface area contributed by atoms with Crippen molar-refractivity contribution in [1.82, 2.24) is 0 Å². The van der Waals surface area contributed by atoms with Gasteiger partial charge in [0.2, 0.25) is 0 Å². The fraction of sp³-hybridized carbons (Fsp3) is 0.750. The first-order valence-corrected chi connectivity index (χ1v) is 3.74. The van der Waals surface area contributed by atoms with Gasteiger partial charge in [-0.25, -0.2) is 0 Å². The summed E-state index contributed by atoms with van der Waals surface area (Å²) in [6, 6.07) is 0. The third kappa shape index (κ3) is 9.40. The van der Waals surface area contributed by atoms with Crippen molar-refractivity contribution in [1.29, 1.82) is 0 Å². The van der Waals surface area contributed by atoms with Gasteiger partial charge in [0, 0.05) is 0 Å². The number of ether oxygens (including phenoxy) is 2. The quantitative estimate of drug-likeness (QED) is 0.401. The van der Waals surface area contributed by atoms with Crippen LogP contribution in [0.2, 0.25) is 0 Å². The number of hydrogen-bond donors (Lipinski definition) is 2. The Balaban J connectivity index is 3.01. The molecule has 0 fully saturated rings. The van der Waals surface area contributed by atoms with Crippen LogP contribution in [0.1, 0.15) is 0 Å². The topological polar surface area (TPSA) is 58.9 Å². The van der Waals surface area contributed by atoms with Crippen LogP contribution in [-0.4, -0.2) is 49.9 Å². The van der Waals surface area contributed by atoms with Gasteiger partial charge in [0.1, 0.15) is 13.2 Å². The van der Waals surface area contributed by atoms with Crippen molar-refractivity contribution in [3.63, 3.8) is 0 Å². The molecule has 12 heavy (non-hydrogen) atoms. The fourth-order valence-corrected chi connectivity index (χ4v) is 0.478. The van der Waals surface area contributed by atoms with Gasteiger partial charge in [-0.15, -0.1) is 0 Å². The Hall–Kier alpha value is -0.600. The third-order valence-electron chi connectivity index (χ3n) is 0.945. The second kappa shape index (κ2) is 10.4. The summed E-state index contributed by atoms with van der Waals surface area (Å²) >= 11 is 0. The van der Waals surface area contributed by atoms with E-state index < -0.39 is 0 Å². The van der Waals surface area contributed by atoms with E-state index in [2.05, 4.69) is 11.8 Å². The number of aliphatic hydroxyl groups excluding tert-OH is 2. The minimum atomic E-state index is 0.0166. The van der Waals surface area contributed by atoms with Crippen molar-refractivity contribution < 1.29 is 19.7 Å². The van der Waals surface area contributed by atoms with Crippen LogP contribution >= 0.6 is 0 Å². The highest BCUT2D eigenvalue weighted by atomic mass is 16.5. The van der Waals surface area contributed by atoms with Gasteiger partial charge in [-0.05, 0) is 0 Å². The van der Waals surface area contributed by atoms with Gasteiger partial charge in [-0.3, -0.25) is 0 Å². The van der Waals surface area contributed by atoms with E-state index in [1.807, 2.05) is 0 Å². The predicted octanol–water partition coefficient (Wildman–Crippen LogP) is -0.992. The van der Waals surface area contributed by atoms with E-state index in [1.54, 1.807) is 0 Å². The Morgan fingerprint density at radius 2 is 1.25 bits per heavy atom. The Labute approximate surface area is 72.1 Å². The molecule has 2 N–H and O–H groups in total. The molecule has 0 saturated heterocycles. The summed E-state index contributed by atoms with van der Waals surface area (Å²) in [5.74, 6) is 5.38. The molecule has 0 heterocycles. The first kappa shape index (κ1) is 11.4. The van der Waals surface area contributed by atoms with Gasteiger partial charge in [-0.1, -0.05) is 11.8 Å². The van der Waals surface area contributed by atoms with Crippen LogP contribution in [0.3, 0.4) is 0 Å². The molecule has 4 heteroatoms. The van der Waals surface area contributed by atoms with Crippen molar-refractivity contribution in [3.05, 3.63) is 0 Å². The molecule has 70 valence electrons. The van der Waals surface area contributed by atoms with Crippen LogP contribution < -0.4 is 0 Å².